The zero-order valence-electron chi connectivity index (χ0n) is 13.0. The molecule has 1 aliphatic carbocycles. The van der Waals surface area contributed by atoms with E-state index < -0.39 is 0 Å². The molecule has 6 nitrogen and oxygen atoms in total. The number of hydrogen-bond acceptors (Lipinski definition) is 4. The van der Waals surface area contributed by atoms with E-state index in [1.807, 2.05) is 12.3 Å². The molecule has 1 saturated carbocycles. The summed E-state index contributed by atoms with van der Waals surface area (Å²) in [5.41, 5.74) is 7.71. The Bertz CT molecular complexity index is 732. The van der Waals surface area contributed by atoms with Crippen molar-refractivity contribution in [1.82, 2.24) is 15.0 Å². The van der Waals surface area contributed by atoms with Crippen molar-refractivity contribution in [2.75, 3.05) is 11.1 Å². The van der Waals surface area contributed by atoms with Crippen LogP contribution in [0.3, 0.4) is 0 Å². The van der Waals surface area contributed by atoms with Gasteiger partial charge in [0.1, 0.15) is 17.5 Å². The van der Waals surface area contributed by atoms with E-state index in [-0.39, 0.29) is 11.8 Å². The topological polar surface area (TPSA) is 96.7 Å². The predicted octanol–water partition coefficient (Wildman–Crippen LogP) is 2.59. The van der Waals surface area contributed by atoms with Crippen LogP contribution in [-0.2, 0) is 11.2 Å². The van der Waals surface area contributed by atoms with Gasteiger partial charge in [0.2, 0.25) is 5.91 Å². The highest BCUT2D eigenvalue weighted by Gasteiger charge is 2.29. The fourth-order valence-electron chi connectivity index (χ4n) is 3.77. The molecule has 1 atom stereocenters. The molecule has 4 N–H and O–H groups in total. The molecule has 0 saturated heterocycles. The average Bonchev–Trinajstić information content (AvgIpc) is 3.18. The molecular formula is C17H21N5O. The Hall–Kier alpha value is -2.37. The predicted molar refractivity (Wildman–Crippen MR) is 88.0 cm³/mol. The maximum atomic E-state index is 12.0. The maximum Gasteiger partial charge on any atom is 0.226 e. The number of fused-ring (bicyclic) bond motifs is 1. The van der Waals surface area contributed by atoms with Crippen LogP contribution in [0.5, 0.6) is 0 Å². The van der Waals surface area contributed by atoms with E-state index in [9.17, 15) is 4.79 Å². The van der Waals surface area contributed by atoms with Crippen LogP contribution < -0.4 is 11.1 Å². The number of nitrogens with two attached hydrogens (primary N) is 1. The summed E-state index contributed by atoms with van der Waals surface area (Å²) in [7, 11) is 0. The van der Waals surface area contributed by atoms with Crippen molar-refractivity contribution in [3.63, 3.8) is 0 Å². The number of pyridine rings is 1. The van der Waals surface area contributed by atoms with Crippen LogP contribution >= 0.6 is 0 Å². The summed E-state index contributed by atoms with van der Waals surface area (Å²) in [6, 6.07) is 3.72. The molecular weight excluding hydrogens is 290 g/mol. The van der Waals surface area contributed by atoms with Crippen molar-refractivity contribution in [3.05, 3.63) is 35.4 Å². The molecule has 0 spiro atoms. The Morgan fingerprint density at radius 3 is 2.91 bits per heavy atom. The minimum absolute atomic E-state index is 0.0309. The molecule has 2 aliphatic rings. The number of nitrogens with zero attached hydrogens (tertiary/aromatic N) is 2. The number of H-pyrrole nitrogens is 1. The highest BCUT2D eigenvalue weighted by molar-refractivity contribution is 5.94. The van der Waals surface area contributed by atoms with Crippen LogP contribution in [0, 0.1) is 5.92 Å². The molecule has 1 amide bonds. The first-order valence-corrected chi connectivity index (χ1v) is 8.29. The van der Waals surface area contributed by atoms with E-state index in [2.05, 4.69) is 20.3 Å². The SMILES string of the molecule is Nc1ccc2c(n1)NC(=O)CC2c1cnc(CC2CCCC2)[nH]1. The summed E-state index contributed by atoms with van der Waals surface area (Å²) in [4.78, 5) is 24.2. The van der Waals surface area contributed by atoms with Gasteiger partial charge in [-0.3, -0.25) is 4.79 Å². The van der Waals surface area contributed by atoms with E-state index in [0.717, 1.165) is 29.4 Å². The van der Waals surface area contributed by atoms with Gasteiger partial charge in [0.15, 0.2) is 0 Å². The van der Waals surface area contributed by atoms with Gasteiger partial charge in [-0.15, -0.1) is 0 Å². The van der Waals surface area contributed by atoms with Gasteiger partial charge < -0.3 is 16.0 Å². The van der Waals surface area contributed by atoms with Crippen LogP contribution in [0.15, 0.2) is 18.3 Å². The molecule has 0 radical (unpaired) electrons. The Balaban J connectivity index is 1.60. The van der Waals surface area contributed by atoms with Crippen LogP contribution in [0.25, 0.3) is 0 Å². The molecule has 2 aromatic rings. The van der Waals surface area contributed by atoms with E-state index in [1.165, 1.54) is 25.7 Å². The molecule has 3 heterocycles. The zero-order valence-corrected chi connectivity index (χ0v) is 13.0. The lowest BCUT2D eigenvalue weighted by Gasteiger charge is -2.23. The minimum Gasteiger partial charge on any atom is -0.384 e. The largest absolute Gasteiger partial charge is 0.384 e. The Morgan fingerprint density at radius 1 is 1.26 bits per heavy atom. The lowest BCUT2D eigenvalue weighted by atomic mass is 9.90. The van der Waals surface area contributed by atoms with Gasteiger partial charge in [0.05, 0.1) is 0 Å². The van der Waals surface area contributed by atoms with Crippen molar-refractivity contribution in [2.45, 2.75) is 44.4 Å². The third kappa shape index (κ3) is 2.81. The Kier molecular flexibility index (Phi) is 3.52. The van der Waals surface area contributed by atoms with Gasteiger partial charge in [-0.25, -0.2) is 9.97 Å². The van der Waals surface area contributed by atoms with Gasteiger partial charge in [0, 0.05) is 36.2 Å². The fourth-order valence-corrected chi connectivity index (χ4v) is 3.77. The van der Waals surface area contributed by atoms with Crippen molar-refractivity contribution >= 4 is 17.5 Å². The second-order valence-electron chi connectivity index (χ2n) is 6.62. The molecule has 4 rings (SSSR count). The molecule has 0 bridgehead atoms. The molecule has 6 heteroatoms. The monoisotopic (exact) mass is 311 g/mol. The number of nitrogens with one attached hydrogen (secondary N) is 2. The quantitative estimate of drug-likeness (QED) is 0.811. The third-order valence-electron chi connectivity index (χ3n) is 4.95. The van der Waals surface area contributed by atoms with Gasteiger partial charge in [-0.05, 0) is 12.0 Å². The molecule has 120 valence electrons. The van der Waals surface area contributed by atoms with Crippen LogP contribution in [0.4, 0.5) is 11.6 Å². The number of hydrogen-bond donors (Lipinski definition) is 3. The number of anilines is 2. The first-order chi connectivity index (χ1) is 11.2. The summed E-state index contributed by atoms with van der Waals surface area (Å²) < 4.78 is 0. The molecule has 23 heavy (non-hydrogen) atoms. The average molecular weight is 311 g/mol. The fraction of sp³-hybridized carbons (Fsp3) is 0.471. The van der Waals surface area contributed by atoms with Gasteiger partial charge in [-0.2, -0.15) is 0 Å². The number of aromatic amines is 1. The summed E-state index contributed by atoms with van der Waals surface area (Å²) >= 11 is 0. The highest BCUT2D eigenvalue weighted by Crippen LogP contribution is 2.36. The van der Waals surface area contributed by atoms with E-state index in [0.29, 0.717) is 18.1 Å². The molecule has 2 aromatic heterocycles. The molecule has 0 aromatic carbocycles. The minimum atomic E-state index is -0.0347. The van der Waals surface area contributed by atoms with Crippen molar-refractivity contribution < 1.29 is 4.79 Å². The van der Waals surface area contributed by atoms with Gasteiger partial charge in [0.25, 0.3) is 0 Å². The Labute approximate surface area is 134 Å². The summed E-state index contributed by atoms with van der Waals surface area (Å²) in [6.45, 7) is 0. The summed E-state index contributed by atoms with van der Waals surface area (Å²) in [6.07, 6.45) is 8.55. The van der Waals surface area contributed by atoms with Crippen LogP contribution in [0.2, 0.25) is 0 Å². The van der Waals surface area contributed by atoms with E-state index >= 15 is 0 Å². The van der Waals surface area contributed by atoms with Crippen LogP contribution in [0.1, 0.15) is 55.1 Å². The molecule has 1 fully saturated rings. The van der Waals surface area contributed by atoms with Crippen molar-refractivity contribution in [1.29, 1.82) is 0 Å². The number of amides is 1. The van der Waals surface area contributed by atoms with E-state index in [4.69, 9.17) is 5.73 Å². The van der Waals surface area contributed by atoms with Gasteiger partial charge in [-0.1, -0.05) is 31.7 Å². The van der Waals surface area contributed by atoms with Crippen molar-refractivity contribution in [3.8, 4) is 0 Å². The first kappa shape index (κ1) is 14.2. The number of carbonyl (C=O) groups is 1. The van der Waals surface area contributed by atoms with Crippen LogP contribution in [-0.4, -0.2) is 20.9 Å². The number of aromatic nitrogens is 3. The number of rotatable bonds is 3. The number of imidazole rings is 1. The first-order valence-electron chi connectivity index (χ1n) is 8.29. The second-order valence-corrected chi connectivity index (χ2v) is 6.62. The third-order valence-corrected chi connectivity index (χ3v) is 4.95. The number of carbonyl (C=O) groups excluding carboxylic acids is 1. The molecule has 1 unspecified atom stereocenters. The second kappa shape index (κ2) is 5.68. The lowest BCUT2D eigenvalue weighted by Crippen LogP contribution is -2.25. The van der Waals surface area contributed by atoms with Crippen molar-refractivity contribution in [2.24, 2.45) is 5.92 Å². The molecule has 1 aliphatic heterocycles. The normalized spacial score (nSPS) is 21.2. The zero-order chi connectivity index (χ0) is 15.8. The standard InChI is InChI=1S/C17H21N5O/c18-14-6-5-11-12(8-16(23)22-17(11)21-14)13-9-19-15(20-13)7-10-3-1-2-4-10/h5-6,9-10,12H,1-4,7-8H2,(H,19,20)(H3,18,21,22,23). The highest BCUT2D eigenvalue weighted by atomic mass is 16.1. The van der Waals surface area contributed by atoms with Gasteiger partial charge >= 0.3 is 0 Å². The maximum absolute atomic E-state index is 12.0. The smallest absolute Gasteiger partial charge is 0.226 e. The number of nitrogen functional groups attached to an aromatic ring is 1. The summed E-state index contributed by atoms with van der Waals surface area (Å²) in [5, 5.41) is 2.80. The van der Waals surface area contributed by atoms with E-state index in [1.54, 1.807) is 6.07 Å². The lowest BCUT2D eigenvalue weighted by molar-refractivity contribution is -0.116. The summed E-state index contributed by atoms with van der Waals surface area (Å²) in [5.74, 6) is 2.69. The Morgan fingerprint density at radius 2 is 2.09 bits per heavy atom.